The van der Waals surface area contributed by atoms with Crippen molar-refractivity contribution in [3.63, 3.8) is 0 Å². The van der Waals surface area contributed by atoms with Gasteiger partial charge in [-0.2, -0.15) is 0 Å². The van der Waals surface area contributed by atoms with E-state index in [4.69, 9.17) is 23.2 Å². The Balaban J connectivity index is 1.60. The van der Waals surface area contributed by atoms with Crippen molar-refractivity contribution in [2.75, 3.05) is 16.0 Å². The van der Waals surface area contributed by atoms with Crippen LogP contribution in [0.3, 0.4) is 0 Å². The van der Waals surface area contributed by atoms with Crippen LogP contribution < -0.4 is 16.0 Å². The Labute approximate surface area is 202 Å². The lowest BCUT2D eigenvalue weighted by atomic mass is 10.1. The number of ketones is 1. The van der Waals surface area contributed by atoms with Crippen LogP contribution in [0.5, 0.6) is 0 Å². The van der Waals surface area contributed by atoms with Gasteiger partial charge in [-0.25, -0.2) is 14.2 Å². The normalized spacial score (nSPS) is 10.5. The van der Waals surface area contributed by atoms with Gasteiger partial charge in [0.05, 0.1) is 0 Å². The first-order chi connectivity index (χ1) is 15.9. The van der Waals surface area contributed by atoms with E-state index in [1.54, 1.807) is 48.5 Å². The van der Waals surface area contributed by atoms with Crippen LogP contribution in [-0.2, 0) is 0 Å². The van der Waals surface area contributed by atoms with Crippen molar-refractivity contribution < 1.29 is 14.0 Å². The fraction of sp³-hybridized carbons (Fsp3) is 0. The molecular weight excluding hydrogens is 486 g/mol. The molecule has 0 aliphatic rings. The average molecular weight is 501 g/mol. The van der Waals surface area contributed by atoms with E-state index in [0.717, 1.165) is 11.3 Å². The summed E-state index contributed by atoms with van der Waals surface area (Å²) < 4.78 is 13.1. The van der Waals surface area contributed by atoms with Crippen LogP contribution in [0.25, 0.3) is 0 Å². The first-order valence-electron chi connectivity index (χ1n) is 9.54. The summed E-state index contributed by atoms with van der Waals surface area (Å²) in [5.41, 5.74) is 1.48. The van der Waals surface area contributed by atoms with Crippen LogP contribution in [0.4, 0.5) is 31.5 Å². The Morgan fingerprint density at radius 2 is 1.36 bits per heavy atom. The zero-order chi connectivity index (χ0) is 23.4. The lowest BCUT2D eigenvalue weighted by Gasteiger charge is -2.07. The number of amides is 2. The van der Waals surface area contributed by atoms with Crippen molar-refractivity contribution in [1.29, 1.82) is 0 Å². The molecule has 0 atom stereocenters. The van der Waals surface area contributed by atoms with Gasteiger partial charge in [0.2, 0.25) is 5.78 Å². The fourth-order valence-electron chi connectivity index (χ4n) is 2.80. The zero-order valence-corrected chi connectivity index (χ0v) is 19.1. The van der Waals surface area contributed by atoms with Crippen molar-refractivity contribution in [1.82, 2.24) is 4.98 Å². The number of anilines is 4. The maximum atomic E-state index is 13.1. The van der Waals surface area contributed by atoms with Gasteiger partial charge < -0.3 is 10.6 Å². The molecule has 3 N–H and O–H groups in total. The van der Waals surface area contributed by atoms with Crippen LogP contribution in [-0.4, -0.2) is 16.8 Å². The standard InChI is InChI=1S/C23H15Cl2FN4O2S/c24-14-3-1-13(2-4-14)19(31)20-21(29-22(32)27-17-11-7-16(26)8-12-17)30-23(33-20)28-18-9-5-15(25)6-10-18/h1-12H,(H,28,30)(H2,27,29,32). The zero-order valence-electron chi connectivity index (χ0n) is 16.7. The summed E-state index contributed by atoms with van der Waals surface area (Å²) >= 11 is 12.9. The predicted molar refractivity (Wildman–Crippen MR) is 131 cm³/mol. The number of urea groups is 1. The molecule has 3 aromatic carbocycles. The number of aromatic nitrogens is 1. The summed E-state index contributed by atoms with van der Waals surface area (Å²) in [4.78, 5) is 30.3. The van der Waals surface area contributed by atoms with Crippen molar-refractivity contribution >= 4 is 68.7 Å². The summed E-state index contributed by atoms with van der Waals surface area (Å²) in [6.45, 7) is 0. The molecule has 33 heavy (non-hydrogen) atoms. The highest BCUT2D eigenvalue weighted by atomic mass is 35.5. The second-order valence-corrected chi connectivity index (χ2v) is 8.62. The second kappa shape index (κ2) is 9.99. The molecule has 0 aliphatic heterocycles. The molecule has 0 saturated heterocycles. The summed E-state index contributed by atoms with van der Waals surface area (Å²) in [6.07, 6.45) is 0. The minimum atomic E-state index is -0.630. The Hall–Kier alpha value is -3.46. The maximum Gasteiger partial charge on any atom is 0.324 e. The highest BCUT2D eigenvalue weighted by molar-refractivity contribution is 7.18. The smallest absolute Gasteiger partial charge is 0.324 e. The molecule has 2 amide bonds. The van der Waals surface area contributed by atoms with Crippen LogP contribution in [0, 0.1) is 5.82 Å². The van der Waals surface area contributed by atoms with Gasteiger partial charge in [0.15, 0.2) is 10.9 Å². The molecule has 0 radical (unpaired) electrons. The predicted octanol–water partition coefficient (Wildman–Crippen LogP) is 7.21. The first kappa shape index (κ1) is 22.7. The molecular formula is C23H15Cl2FN4O2S. The minimum absolute atomic E-state index is 0.0797. The summed E-state index contributed by atoms with van der Waals surface area (Å²) in [5.74, 6) is -0.671. The van der Waals surface area contributed by atoms with E-state index in [1.807, 2.05) is 0 Å². The highest BCUT2D eigenvalue weighted by Gasteiger charge is 2.22. The van der Waals surface area contributed by atoms with Gasteiger partial charge in [-0.3, -0.25) is 10.1 Å². The third-order valence-corrected chi connectivity index (χ3v) is 5.84. The number of nitrogens with zero attached hydrogens (tertiary/aromatic N) is 1. The molecule has 0 saturated carbocycles. The Bertz CT molecular complexity index is 1290. The summed E-state index contributed by atoms with van der Waals surface area (Å²) in [7, 11) is 0. The lowest BCUT2D eigenvalue weighted by molar-refractivity contribution is 0.104. The number of rotatable bonds is 6. The van der Waals surface area contributed by atoms with E-state index in [0.29, 0.717) is 32.1 Å². The Kier molecular flexibility index (Phi) is 6.88. The minimum Gasteiger partial charge on any atom is -0.331 e. The maximum absolute atomic E-state index is 13.1. The molecule has 4 aromatic rings. The molecule has 1 heterocycles. The SMILES string of the molecule is O=C(Nc1ccc(F)cc1)Nc1nc(Nc2ccc(Cl)cc2)sc1C(=O)c1ccc(Cl)cc1. The van der Waals surface area contributed by atoms with Crippen molar-refractivity contribution in [2.45, 2.75) is 0 Å². The number of hydrogen-bond donors (Lipinski definition) is 3. The number of carbonyl (C=O) groups is 2. The van der Waals surface area contributed by atoms with E-state index < -0.39 is 11.8 Å². The van der Waals surface area contributed by atoms with Crippen LogP contribution in [0.2, 0.25) is 10.0 Å². The Morgan fingerprint density at radius 1 is 0.788 bits per heavy atom. The number of halogens is 3. The Morgan fingerprint density at radius 3 is 2.00 bits per heavy atom. The van der Waals surface area contributed by atoms with Crippen LogP contribution in [0.1, 0.15) is 15.2 Å². The van der Waals surface area contributed by atoms with Gasteiger partial charge in [-0.1, -0.05) is 34.5 Å². The molecule has 4 rings (SSSR count). The topological polar surface area (TPSA) is 83.1 Å². The quantitative estimate of drug-likeness (QED) is 0.244. The molecule has 0 spiro atoms. The van der Waals surface area contributed by atoms with E-state index in [9.17, 15) is 14.0 Å². The number of thiazole rings is 1. The van der Waals surface area contributed by atoms with Gasteiger partial charge in [-0.05, 0) is 72.8 Å². The third-order valence-electron chi connectivity index (χ3n) is 4.37. The molecule has 0 bridgehead atoms. The monoisotopic (exact) mass is 500 g/mol. The van der Waals surface area contributed by atoms with Crippen molar-refractivity contribution in [3.8, 4) is 0 Å². The molecule has 1 aromatic heterocycles. The second-order valence-electron chi connectivity index (χ2n) is 6.75. The van der Waals surface area contributed by atoms with Gasteiger partial charge in [-0.15, -0.1) is 0 Å². The van der Waals surface area contributed by atoms with E-state index in [2.05, 4.69) is 20.9 Å². The number of hydrogen-bond acceptors (Lipinski definition) is 5. The van der Waals surface area contributed by atoms with Gasteiger partial charge in [0, 0.05) is 27.0 Å². The largest absolute Gasteiger partial charge is 0.331 e. The molecule has 0 aliphatic carbocycles. The van der Waals surface area contributed by atoms with Crippen molar-refractivity contribution in [3.05, 3.63) is 99.1 Å². The average Bonchev–Trinajstić information content (AvgIpc) is 3.18. The van der Waals surface area contributed by atoms with Crippen molar-refractivity contribution in [2.24, 2.45) is 0 Å². The fourth-order valence-corrected chi connectivity index (χ4v) is 3.96. The molecule has 0 unspecified atom stereocenters. The lowest BCUT2D eigenvalue weighted by Crippen LogP contribution is -2.21. The van der Waals surface area contributed by atoms with Gasteiger partial charge >= 0.3 is 6.03 Å². The van der Waals surface area contributed by atoms with Gasteiger partial charge in [0.25, 0.3) is 0 Å². The highest BCUT2D eigenvalue weighted by Crippen LogP contribution is 2.32. The number of benzene rings is 3. The van der Waals surface area contributed by atoms with Crippen LogP contribution in [0.15, 0.2) is 72.8 Å². The molecule has 6 nitrogen and oxygen atoms in total. The number of nitrogens with one attached hydrogen (secondary N) is 3. The van der Waals surface area contributed by atoms with Gasteiger partial charge in [0.1, 0.15) is 10.7 Å². The van der Waals surface area contributed by atoms with E-state index in [1.165, 1.54) is 24.3 Å². The third kappa shape index (κ3) is 5.87. The molecule has 0 fully saturated rings. The number of carbonyl (C=O) groups excluding carboxylic acids is 2. The van der Waals surface area contributed by atoms with E-state index >= 15 is 0 Å². The summed E-state index contributed by atoms with van der Waals surface area (Å²) in [6, 6.07) is 18.0. The van der Waals surface area contributed by atoms with Crippen LogP contribution >= 0.6 is 34.5 Å². The first-order valence-corrected chi connectivity index (χ1v) is 11.1. The summed E-state index contributed by atoms with van der Waals surface area (Å²) in [5, 5.41) is 9.75. The molecule has 10 heteroatoms. The van der Waals surface area contributed by atoms with E-state index in [-0.39, 0.29) is 16.5 Å². The molecule has 166 valence electrons.